The van der Waals surface area contributed by atoms with Gasteiger partial charge in [-0.05, 0) is 43.3 Å². The normalized spacial score (nSPS) is 14.7. The van der Waals surface area contributed by atoms with Crippen LogP contribution in [-0.4, -0.2) is 59.3 Å². The number of rotatable bonds is 5. The monoisotopic (exact) mass is 427 g/mol. The smallest absolute Gasteiger partial charge is 0.339 e. The number of benzene rings is 1. The molecule has 0 saturated carbocycles. The molecule has 1 aliphatic rings. The SMILES string of the molecule is COC(=O)c1ccc(N2CCN(Cc3nc(-c4ccc(Cl)cc4)no3)CC2)nc1C. The zero-order chi connectivity index (χ0) is 21.1. The number of halogens is 1. The zero-order valence-corrected chi connectivity index (χ0v) is 17.6. The summed E-state index contributed by atoms with van der Waals surface area (Å²) in [7, 11) is 1.37. The van der Waals surface area contributed by atoms with Crippen LogP contribution in [0.5, 0.6) is 0 Å². The summed E-state index contributed by atoms with van der Waals surface area (Å²) in [6.45, 7) is 5.75. The van der Waals surface area contributed by atoms with Crippen LogP contribution in [0.3, 0.4) is 0 Å². The molecule has 0 atom stereocenters. The van der Waals surface area contributed by atoms with Crippen molar-refractivity contribution in [2.75, 3.05) is 38.2 Å². The lowest BCUT2D eigenvalue weighted by molar-refractivity contribution is 0.0599. The van der Waals surface area contributed by atoms with Gasteiger partial charge in [0.1, 0.15) is 5.82 Å². The van der Waals surface area contributed by atoms with Crippen molar-refractivity contribution in [3.8, 4) is 11.4 Å². The first-order valence-corrected chi connectivity index (χ1v) is 10.0. The first kappa shape index (κ1) is 20.3. The highest BCUT2D eigenvalue weighted by Gasteiger charge is 2.21. The number of piperazine rings is 1. The Bertz CT molecular complexity index is 1030. The topological polar surface area (TPSA) is 84.6 Å². The molecule has 9 heteroatoms. The van der Waals surface area contributed by atoms with E-state index in [0.717, 1.165) is 37.6 Å². The zero-order valence-electron chi connectivity index (χ0n) is 16.8. The predicted octanol–water partition coefficient (Wildman–Crippen LogP) is 3.20. The number of anilines is 1. The number of carbonyl (C=O) groups is 1. The molecule has 156 valence electrons. The minimum absolute atomic E-state index is 0.367. The van der Waals surface area contributed by atoms with Gasteiger partial charge in [0.25, 0.3) is 0 Å². The van der Waals surface area contributed by atoms with E-state index < -0.39 is 0 Å². The molecule has 1 aliphatic heterocycles. The summed E-state index contributed by atoms with van der Waals surface area (Å²) >= 11 is 5.93. The van der Waals surface area contributed by atoms with Crippen molar-refractivity contribution in [1.82, 2.24) is 20.0 Å². The highest BCUT2D eigenvalue weighted by Crippen LogP contribution is 2.21. The van der Waals surface area contributed by atoms with Crippen LogP contribution >= 0.6 is 11.6 Å². The highest BCUT2D eigenvalue weighted by molar-refractivity contribution is 6.30. The van der Waals surface area contributed by atoms with Crippen LogP contribution < -0.4 is 4.90 Å². The number of pyridine rings is 1. The molecule has 3 aromatic rings. The van der Waals surface area contributed by atoms with E-state index in [9.17, 15) is 4.79 Å². The minimum Gasteiger partial charge on any atom is -0.465 e. The van der Waals surface area contributed by atoms with Crippen LogP contribution in [0.2, 0.25) is 5.02 Å². The number of aromatic nitrogens is 3. The summed E-state index contributed by atoms with van der Waals surface area (Å²) in [6, 6.07) is 11.0. The number of hydrogen-bond acceptors (Lipinski definition) is 8. The Morgan fingerprint density at radius 2 is 1.83 bits per heavy atom. The van der Waals surface area contributed by atoms with Gasteiger partial charge in [-0.25, -0.2) is 9.78 Å². The molecule has 0 spiro atoms. The van der Waals surface area contributed by atoms with Gasteiger partial charge >= 0.3 is 5.97 Å². The van der Waals surface area contributed by atoms with E-state index in [1.807, 2.05) is 25.1 Å². The van der Waals surface area contributed by atoms with Crippen LogP contribution in [0, 0.1) is 6.92 Å². The molecule has 2 aromatic heterocycles. The van der Waals surface area contributed by atoms with Gasteiger partial charge < -0.3 is 14.2 Å². The second-order valence-electron chi connectivity index (χ2n) is 7.08. The summed E-state index contributed by atoms with van der Waals surface area (Å²) in [5, 5.41) is 4.74. The molecule has 0 amide bonds. The molecule has 1 fully saturated rings. The molecule has 0 radical (unpaired) electrons. The fourth-order valence-corrected chi connectivity index (χ4v) is 3.54. The maximum absolute atomic E-state index is 11.7. The minimum atomic E-state index is -0.367. The lowest BCUT2D eigenvalue weighted by Gasteiger charge is -2.34. The summed E-state index contributed by atoms with van der Waals surface area (Å²) in [4.78, 5) is 25.3. The van der Waals surface area contributed by atoms with E-state index in [1.165, 1.54) is 7.11 Å². The Balaban J connectivity index is 1.34. The number of hydrogen-bond donors (Lipinski definition) is 0. The number of carbonyl (C=O) groups excluding carboxylic acids is 1. The molecule has 0 N–H and O–H groups in total. The van der Waals surface area contributed by atoms with Crippen molar-refractivity contribution in [3.63, 3.8) is 0 Å². The largest absolute Gasteiger partial charge is 0.465 e. The summed E-state index contributed by atoms with van der Waals surface area (Å²) in [6.07, 6.45) is 0. The Hall–Kier alpha value is -2.97. The second kappa shape index (κ2) is 8.81. The first-order valence-electron chi connectivity index (χ1n) is 9.65. The standard InChI is InChI=1S/C21H22ClN5O3/c1-14-17(21(28)29-2)7-8-18(23-14)27-11-9-26(10-12-27)13-19-24-20(25-30-19)15-3-5-16(22)6-4-15/h3-8H,9-13H2,1-2H3. The molecule has 0 unspecified atom stereocenters. The molecular formula is C21H22ClN5O3. The lowest BCUT2D eigenvalue weighted by Crippen LogP contribution is -2.46. The van der Waals surface area contributed by atoms with Crippen LogP contribution in [-0.2, 0) is 11.3 Å². The number of ether oxygens (including phenoxy) is 1. The highest BCUT2D eigenvalue weighted by atomic mass is 35.5. The molecule has 1 saturated heterocycles. The van der Waals surface area contributed by atoms with Gasteiger partial charge in [-0.15, -0.1) is 0 Å². The maximum Gasteiger partial charge on any atom is 0.339 e. The Morgan fingerprint density at radius 1 is 1.10 bits per heavy atom. The average molecular weight is 428 g/mol. The van der Waals surface area contributed by atoms with Gasteiger partial charge in [-0.3, -0.25) is 4.90 Å². The molecular weight excluding hydrogens is 406 g/mol. The summed E-state index contributed by atoms with van der Waals surface area (Å²) in [5.41, 5.74) is 2.03. The molecule has 30 heavy (non-hydrogen) atoms. The number of methoxy groups -OCH3 is 1. The molecule has 0 aliphatic carbocycles. The van der Waals surface area contributed by atoms with Gasteiger partial charge in [0.05, 0.1) is 24.9 Å². The van der Waals surface area contributed by atoms with Crippen LogP contribution in [0.1, 0.15) is 21.9 Å². The molecule has 4 rings (SSSR count). The van der Waals surface area contributed by atoms with E-state index >= 15 is 0 Å². The number of esters is 1. The van der Waals surface area contributed by atoms with Crippen molar-refractivity contribution >= 4 is 23.4 Å². The molecule has 1 aromatic carbocycles. The lowest BCUT2D eigenvalue weighted by atomic mass is 10.2. The second-order valence-corrected chi connectivity index (χ2v) is 7.51. The van der Waals surface area contributed by atoms with Gasteiger partial charge in [0.2, 0.25) is 11.7 Å². The van der Waals surface area contributed by atoms with Gasteiger partial charge in [-0.1, -0.05) is 16.8 Å². The summed E-state index contributed by atoms with van der Waals surface area (Å²) < 4.78 is 10.2. The van der Waals surface area contributed by atoms with E-state index in [-0.39, 0.29) is 5.97 Å². The number of nitrogens with zero attached hydrogens (tertiary/aromatic N) is 5. The predicted molar refractivity (Wildman–Crippen MR) is 113 cm³/mol. The average Bonchev–Trinajstić information content (AvgIpc) is 3.22. The van der Waals surface area contributed by atoms with Crippen molar-refractivity contribution in [3.05, 3.63) is 58.6 Å². The van der Waals surface area contributed by atoms with Crippen LogP contribution in [0.25, 0.3) is 11.4 Å². The van der Waals surface area contributed by atoms with Crippen LogP contribution in [0.4, 0.5) is 5.82 Å². The molecule has 8 nitrogen and oxygen atoms in total. The van der Waals surface area contributed by atoms with Crippen molar-refractivity contribution in [1.29, 1.82) is 0 Å². The molecule has 0 bridgehead atoms. The quantitative estimate of drug-likeness (QED) is 0.574. The molecule has 3 heterocycles. The van der Waals surface area contributed by atoms with Gasteiger partial charge in [-0.2, -0.15) is 4.98 Å². The van der Waals surface area contributed by atoms with Gasteiger partial charge in [0.15, 0.2) is 0 Å². The third-order valence-corrected chi connectivity index (χ3v) is 5.35. The van der Waals surface area contributed by atoms with Gasteiger partial charge in [0, 0.05) is 36.8 Å². The first-order chi connectivity index (χ1) is 14.5. The van der Waals surface area contributed by atoms with Crippen LogP contribution in [0.15, 0.2) is 40.9 Å². The van der Waals surface area contributed by atoms with Crippen molar-refractivity contribution in [2.24, 2.45) is 0 Å². The van der Waals surface area contributed by atoms with Crippen molar-refractivity contribution < 1.29 is 14.1 Å². The van der Waals surface area contributed by atoms with Crippen molar-refractivity contribution in [2.45, 2.75) is 13.5 Å². The Kier molecular flexibility index (Phi) is 5.96. The fourth-order valence-electron chi connectivity index (χ4n) is 3.41. The van der Waals surface area contributed by atoms with E-state index in [2.05, 4.69) is 24.9 Å². The number of aryl methyl sites for hydroxylation is 1. The third kappa shape index (κ3) is 4.44. The fraction of sp³-hybridized carbons (Fsp3) is 0.333. The van der Waals surface area contributed by atoms with E-state index in [4.69, 9.17) is 20.9 Å². The third-order valence-electron chi connectivity index (χ3n) is 5.10. The van der Waals surface area contributed by atoms with E-state index in [0.29, 0.717) is 34.5 Å². The summed E-state index contributed by atoms with van der Waals surface area (Å²) in [5.74, 6) is 1.65. The Morgan fingerprint density at radius 3 is 2.50 bits per heavy atom. The Labute approximate surface area is 179 Å². The maximum atomic E-state index is 11.7. The van der Waals surface area contributed by atoms with E-state index in [1.54, 1.807) is 18.2 Å².